The fraction of sp³-hybridized carbons (Fsp3) is 0.625. The van der Waals surface area contributed by atoms with Gasteiger partial charge >= 0.3 is 11.9 Å². The summed E-state index contributed by atoms with van der Waals surface area (Å²) in [6, 6.07) is 0. The highest BCUT2D eigenvalue weighted by Crippen LogP contribution is 2.38. The van der Waals surface area contributed by atoms with Crippen LogP contribution in [0.15, 0.2) is 97.2 Å². The van der Waals surface area contributed by atoms with Crippen molar-refractivity contribution in [3.63, 3.8) is 0 Å². The smallest absolute Gasteiger partial charge is 0.306 e. The van der Waals surface area contributed by atoms with Gasteiger partial charge in [0.15, 0.2) is 6.10 Å². The lowest BCUT2D eigenvalue weighted by molar-refractivity contribution is -0.870. The Morgan fingerprint density at radius 1 is 0.627 bits per heavy atom. The quantitative estimate of drug-likeness (QED) is 0.0161. The van der Waals surface area contributed by atoms with Gasteiger partial charge < -0.3 is 33.0 Å². The number of hydrogen-bond donors (Lipinski definition) is 1. The fourth-order valence-corrected chi connectivity index (χ4v) is 5.86. The third kappa shape index (κ3) is 42.8. The van der Waals surface area contributed by atoms with E-state index in [4.69, 9.17) is 18.5 Å². The molecule has 0 aliphatic heterocycles. The molecule has 0 aliphatic carbocycles. The number of nitrogens with zero attached hydrogens (tertiary/aromatic N) is 1. The summed E-state index contributed by atoms with van der Waals surface area (Å²) >= 11 is 0. The molecule has 11 heteroatoms. The van der Waals surface area contributed by atoms with Crippen molar-refractivity contribution in [2.75, 3.05) is 47.5 Å². The molecule has 0 rings (SSSR count). The number of esters is 2. The first-order valence-electron chi connectivity index (χ1n) is 22.1. The van der Waals surface area contributed by atoms with Crippen molar-refractivity contribution in [2.45, 2.75) is 148 Å². The Kier molecular flexibility index (Phi) is 37.0. The summed E-state index contributed by atoms with van der Waals surface area (Å²) in [5, 5.41) is 10.1. The van der Waals surface area contributed by atoms with Crippen molar-refractivity contribution in [3.8, 4) is 0 Å². The molecule has 0 heterocycles. The first kappa shape index (κ1) is 55.9. The van der Waals surface area contributed by atoms with Crippen molar-refractivity contribution in [1.82, 2.24) is 0 Å². The summed E-state index contributed by atoms with van der Waals surface area (Å²) < 4.78 is 33.7. The molecule has 10 nitrogen and oxygen atoms in total. The highest BCUT2D eigenvalue weighted by Gasteiger charge is 2.21. The zero-order valence-electron chi connectivity index (χ0n) is 37.3. The summed E-state index contributed by atoms with van der Waals surface area (Å²) in [6.45, 7) is 3.90. The van der Waals surface area contributed by atoms with Gasteiger partial charge in [-0.1, -0.05) is 137 Å². The average Bonchev–Trinajstić information content (AvgIpc) is 3.18. The number of phosphoric ester groups is 1. The Hall–Kier alpha value is -3.11. The van der Waals surface area contributed by atoms with Gasteiger partial charge in [0.2, 0.25) is 0 Å². The van der Waals surface area contributed by atoms with Crippen LogP contribution in [-0.2, 0) is 32.7 Å². The van der Waals surface area contributed by atoms with E-state index in [1.807, 2.05) is 45.4 Å². The summed E-state index contributed by atoms with van der Waals surface area (Å²) in [7, 11) is 1.04. The lowest BCUT2D eigenvalue weighted by Crippen LogP contribution is -2.37. The van der Waals surface area contributed by atoms with Crippen LogP contribution in [0.1, 0.15) is 136 Å². The number of phosphoric acid groups is 1. The number of unbranched alkanes of at least 4 members (excludes halogenated alkanes) is 8. The highest BCUT2D eigenvalue weighted by molar-refractivity contribution is 7.45. The third-order valence-corrected chi connectivity index (χ3v) is 9.62. The molecule has 0 spiro atoms. The van der Waals surface area contributed by atoms with E-state index in [0.717, 1.165) is 38.5 Å². The minimum atomic E-state index is -4.68. The number of allylic oxidation sites excluding steroid dienone is 14. The van der Waals surface area contributed by atoms with Crippen LogP contribution in [0, 0.1) is 0 Å². The summed E-state index contributed by atoms with van der Waals surface area (Å²) in [4.78, 5) is 37.5. The summed E-state index contributed by atoms with van der Waals surface area (Å²) in [6.07, 6.45) is 47.6. The van der Waals surface area contributed by atoms with Gasteiger partial charge in [0.05, 0.1) is 33.9 Å². The summed E-state index contributed by atoms with van der Waals surface area (Å²) in [5.41, 5.74) is 0. The van der Waals surface area contributed by atoms with Crippen LogP contribution in [0.2, 0.25) is 0 Å². The number of rotatable bonds is 38. The van der Waals surface area contributed by atoms with Gasteiger partial charge in [-0.25, -0.2) is 0 Å². The molecular weight excluding hydrogens is 766 g/mol. The number of quaternary nitrogens is 1. The maximum atomic E-state index is 12.7. The standard InChI is InChI=1S/C48H80NO9P/c1-6-8-10-12-14-16-17-18-19-20-21-22-23-25-27-31-36-40-48(52)58-46(44-57-59(53,54)56-42-41-49(3,4)5)43-55-47(51)39-35-32-28-30-34-38-45(50)37-33-29-26-24-15-13-11-9-7-2/h14-16,18-19,21-22,24-25,27-30,33-34,38,45-46,50H,6-13,17,20,23,26,31-32,35-37,39-44H2,1-5H3/b16-14-,19-18-,22-21-,24-15-,27-25-,30-28+,33-29-,38-34-/t45?,46-/m1/s1. The molecule has 0 radical (unpaired) electrons. The molecule has 0 aliphatic rings. The zero-order chi connectivity index (χ0) is 43.7. The average molecular weight is 846 g/mol. The lowest BCUT2D eigenvalue weighted by Gasteiger charge is -2.28. The minimum Gasteiger partial charge on any atom is -0.756 e. The molecule has 0 aromatic rings. The van der Waals surface area contributed by atoms with E-state index in [0.29, 0.717) is 43.1 Å². The van der Waals surface area contributed by atoms with Crippen molar-refractivity contribution >= 4 is 19.8 Å². The van der Waals surface area contributed by atoms with Gasteiger partial charge in [-0.15, -0.1) is 0 Å². The van der Waals surface area contributed by atoms with Crippen LogP contribution in [0.5, 0.6) is 0 Å². The number of carbonyl (C=O) groups excluding carboxylic acids is 2. The normalized spacial score (nSPS) is 15.0. The van der Waals surface area contributed by atoms with E-state index in [9.17, 15) is 24.2 Å². The largest absolute Gasteiger partial charge is 0.756 e. The molecular formula is C48H80NO9P. The topological polar surface area (TPSA) is 131 Å². The number of aliphatic hydroxyl groups excluding tert-OH is 1. The van der Waals surface area contributed by atoms with Crippen LogP contribution in [0.3, 0.4) is 0 Å². The Labute approximate surface area is 358 Å². The van der Waals surface area contributed by atoms with Crippen LogP contribution >= 0.6 is 7.82 Å². The molecule has 0 aromatic carbocycles. The Bertz CT molecular complexity index is 1340. The van der Waals surface area contributed by atoms with Crippen LogP contribution in [-0.4, -0.2) is 81.2 Å². The second-order valence-corrected chi connectivity index (χ2v) is 17.0. The van der Waals surface area contributed by atoms with Gasteiger partial charge in [-0.3, -0.25) is 14.2 Å². The Morgan fingerprint density at radius 3 is 1.66 bits per heavy atom. The number of ether oxygens (including phenoxy) is 2. The fourth-order valence-electron chi connectivity index (χ4n) is 5.13. The molecule has 2 unspecified atom stereocenters. The van der Waals surface area contributed by atoms with Crippen LogP contribution in [0.4, 0.5) is 0 Å². The van der Waals surface area contributed by atoms with Crippen LogP contribution < -0.4 is 4.89 Å². The van der Waals surface area contributed by atoms with E-state index in [1.165, 1.54) is 38.5 Å². The van der Waals surface area contributed by atoms with Crippen molar-refractivity contribution in [1.29, 1.82) is 0 Å². The molecule has 0 fully saturated rings. The number of hydrogen-bond acceptors (Lipinski definition) is 9. The molecule has 1 N–H and O–H groups in total. The number of aliphatic hydroxyl groups is 1. The van der Waals surface area contributed by atoms with Gasteiger partial charge in [0, 0.05) is 12.8 Å². The van der Waals surface area contributed by atoms with Gasteiger partial charge in [-0.2, -0.15) is 0 Å². The maximum absolute atomic E-state index is 12.7. The SMILES string of the molecule is CCCCC/C=C\C/C=C\C/C=C\C/C=C\CCCC(=O)O[C@H](COC(=O)CCC/C=C/C=C\C(O)C/C=C\C/C=C\CCCCC)COP(=O)([O-])OCC[N+](C)(C)C. The number of carbonyl (C=O) groups is 2. The van der Waals surface area contributed by atoms with E-state index in [-0.39, 0.29) is 26.1 Å². The molecule has 3 atom stereocenters. The second-order valence-electron chi connectivity index (χ2n) is 15.5. The van der Waals surface area contributed by atoms with E-state index in [2.05, 4.69) is 74.6 Å². The molecule has 59 heavy (non-hydrogen) atoms. The van der Waals surface area contributed by atoms with Gasteiger partial charge in [-0.05, 0) is 83.5 Å². The predicted molar refractivity (Wildman–Crippen MR) is 241 cm³/mol. The summed E-state index contributed by atoms with van der Waals surface area (Å²) in [5.74, 6) is -1.04. The van der Waals surface area contributed by atoms with E-state index in [1.54, 1.807) is 12.2 Å². The minimum absolute atomic E-state index is 0.0687. The zero-order valence-corrected chi connectivity index (χ0v) is 38.2. The molecule has 0 amide bonds. The lowest BCUT2D eigenvalue weighted by atomic mass is 10.2. The molecule has 0 saturated heterocycles. The molecule has 336 valence electrons. The Morgan fingerprint density at radius 2 is 1.12 bits per heavy atom. The monoisotopic (exact) mass is 846 g/mol. The van der Waals surface area contributed by atoms with Gasteiger partial charge in [0.1, 0.15) is 19.8 Å². The molecule has 0 aromatic heterocycles. The second kappa shape index (κ2) is 39.1. The molecule has 0 saturated carbocycles. The number of likely N-dealkylation sites (N-methyl/N-ethyl adjacent to an activating group) is 1. The highest BCUT2D eigenvalue weighted by atomic mass is 31.2. The maximum Gasteiger partial charge on any atom is 0.306 e. The first-order chi connectivity index (χ1) is 28.4. The van der Waals surface area contributed by atoms with Crippen molar-refractivity contribution < 1.29 is 47.2 Å². The van der Waals surface area contributed by atoms with Gasteiger partial charge in [0.25, 0.3) is 7.82 Å². The van der Waals surface area contributed by atoms with Crippen molar-refractivity contribution in [2.24, 2.45) is 0 Å². The third-order valence-electron chi connectivity index (χ3n) is 8.66. The Balaban J connectivity index is 4.66. The van der Waals surface area contributed by atoms with E-state index >= 15 is 0 Å². The molecule has 0 bridgehead atoms. The van der Waals surface area contributed by atoms with Crippen molar-refractivity contribution in [3.05, 3.63) is 97.2 Å². The predicted octanol–water partition coefficient (Wildman–Crippen LogP) is 10.9. The first-order valence-corrected chi connectivity index (χ1v) is 23.5. The van der Waals surface area contributed by atoms with Crippen LogP contribution in [0.25, 0.3) is 0 Å². The van der Waals surface area contributed by atoms with E-state index < -0.39 is 38.6 Å².